The van der Waals surface area contributed by atoms with Crippen LogP contribution in [-0.2, 0) is 28.4 Å². The minimum Gasteiger partial charge on any atom is -0.394 e. The Bertz CT molecular complexity index is 196. The lowest BCUT2D eigenvalue weighted by atomic mass is 10.3. The van der Waals surface area contributed by atoms with Gasteiger partial charge >= 0.3 is 0 Å². The van der Waals surface area contributed by atoms with Crippen molar-refractivity contribution in [2.24, 2.45) is 0 Å². The first-order valence-corrected chi connectivity index (χ1v) is 8.60. The summed E-state index contributed by atoms with van der Waals surface area (Å²) in [7, 11) is 0. The van der Waals surface area contributed by atoms with Crippen molar-refractivity contribution in [3.63, 3.8) is 0 Å². The molecule has 0 aromatic rings. The predicted molar refractivity (Wildman–Crippen MR) is 88.3 cm³/mol. The van der Waals surface area contributed by atoms with Gasteiger partial charge in [-0.25, -0.2) is 0 Å². The van der Waals surface area contributed by atoms with Gasteiger partial charge in [0.15, 0.2) is 0 Å². The average Bonchev–Trinajstić information content (AvgIpc) is 2.60. The van der Waals surface area contributed by atoms with Gasteiger partial charge in [-0.05, 0) is 12.8 Å². The van der Waals surface area contributed by atoms with Crippen LogP contribution in [0, 0.1) is 0 Å². The molecule has 0 radical (unpaired) electrons. The van der Waals surface area contributed by atoms with Crippen molar-refractivity contribution in [3.05, 3.63) is 0 Å². The quantitative estimate of drug-likeness (QED) is 0.275. The van der Waals surface area contributed by atoms with Crippen LogP contribution in [0.5, 0.6) is 0 Å². The fourth-order valence-electron chi connectivity index (χ4n) is 1.62. The summed E-state index contributed by atoms with van der Waals surface area (Å²) in [5.41, 5.74) is 0. The molecule has 2 N–H and O–H groups in total. The molecule has 0 aliphatic rings. The molecular formula is C16H34O8. The summed E-state index contributed by atoms with van der Waals surface area (Å²) in [5, 5.41) is 17.0. The molecule has 0 aliphatic heterocycles. The van der Waals surface area contributed by atoms with Crippen LogP contribution in [-0.4, -0.2) is 103 Å². The van der Waals surface area contributed by atoms with E-state index < -0.39 is 0 Å². The van der Waals surface area contributed by atoms with Crippen LogP contribution in [0.2, 0.25) is 0 Å². The topological polar surface area (TPSA) is 95.8 Å². The third kappa shape index (κ3) is 21.7. The normalized spacial score (nSPS) is 11.2. The Morgan fingerprint density at radius 1 is 0.333 bits per heavy atom. The molecule has 24 heavy (non-hydrogen) atoms. The molecule has 0 fully saturated rings. The van der Waals surface area contributed by atoms with Crippen LogP contribution in [0.25, 0.3) is 0 Å². The molecule has 0 unspecified atom stereocenters. The molecule has 0 aliphatic carbocycles. The van der Waals surface area contributed by atoms with E-state index in [4.69, 9.17) is 38.6 Å². The number of unbranched alkanes of at least 4 members (excludes halogenated alkanes) is 1. The Morgan fingerprint density at radius 2 is 0.583 bits per heavy atom. The highest BCUT2D eigenvalue weighted by Gasteiger charge is 1.94. The van der Waals surface area contributed by atoms with E-state index in [1.165, 1.54) is 0 Å². The first-order valence-electron chi connectivity index (χ1n) is 8.60. The lowest BCUT2D eigenvalue weighted by molar-refractivity contribution is 0.00175. The standard InChI is InChI=1S/C16H34O8/c17-3-7-21-11-15-23-13-9-19-5-1-2-6-20-10-14-24-16-12-22-8-4-18/h17-18H,1-16H2. The Balaban J connectivity index is 2.93. The molecule has 0 aromatic carbocycles. The minimum atomic E-state index is 0.0419. The van der Waals surface area contributed by atoms with Crippen molar-refractivity contribution in [3.8, 4) is 0 Å². The molecule has 146 valence electrons. The number of aliphatic hydroxyl groups is 2. The molecule has 0 saturated carbocycles. The summed E-state index contributed by atoms with van der Waals surface area (Å²) in [6.07, 6.45) is 1.91. The second-order valence-electron chi connectivity index (χ2n) is 4.83. The lowest BCUT2D eigenvalue weighted by Gasteiger charge is -2.07. The molecule has 0 bridgehead atoms. The number of ether oxygens (including phenoxy) is 6. The SMILES string of the molecule is OCCOCCOCCOCCCCOCCOCCOCCO. The van der Waals surface area contributed by atoms with E-state index >= 15 is 0 Å². The van der Waals surface area contributed by atoms with E-state index in [0.29, 0.717) is 79.3 Å². The summed E-state index contributed by atoms with van der Waals surface area (Å²) in [6, 6.07) is 0. The largest absolute Gasteiger partial charge is 0.394 e. The van der Waals surface area contributed by atoms with Crippen LogP contribution in [0.4, 0.5) is 0 Å². The van der Waals surface area contributed by atoms with Crippen LogP contribution in [0.3, 0.4) is 0 Å². The van der Waals surface area contributed by atoms with E-state index in [2.05, 4.69) is 0 Å². The van der Waals surface area contributed by atoms with Gasteiger partial charge in [-0.1, -0.05) is 0 Å². The van der Waals surface area contributed by atoms with Crippen molar-refractivity contribution >= 4 is 0 Å². The monoisotopic (exact) mass is 354 g/mol. The van der Waals surface area contributed by atoms with Gasteiger partial charge in [0.2, 0.25) is 0 Å². The highest BCUT2D eigenvalue weighted by atomic mass is 16.6. The fourth-order valence-corrected chi connectivity index (χ4v) is 1.62. The second-order valence-corrected chi connectivity index (χ2v) is 4.83. The van der Waals surface area contributed by atoms with E-state index in [9.17, 15) is 0 Å². The third-order valence-corrected chi connectivity index (χ3v) is 2.79. The summed E-state index contributed by atoms with van der Waals surface area (Å²) < 4.78 is 31.6. The molecule has 8 heteroatoms. The zero-order chi connectivity index (χ0) is 17.6. The summed E-state index contributed by atoms with van der Waals surface area (Å²) in [4.78, 5) is 0. The zero-order valence-corrected chi connectivity index (χ0v) is 14.7. The predicted octanol–water partition coefficient (Wildman–Crippen LogP) is -0.149. The van der Waals surface area contributed by atoms with Crippen molar-refractivity contribution in [2.45, 2.75) is 12.8 Å². The number of hydrogen-bond acceptors (Lipinski definition) is 8. The maximum Gasteiger partial charge on any atom is 0.0701 e. The number of hydrogen-bond donors (Lipinski definition) is 2. The summed E-state index contributed by atoms with van der Waals surface area (Å²) in [5.74, 6) is 0. The van der Waals surface area contributed by atoms with E-state index in [-0.39, 0.29) is 13.2 Å². The molecular weight excluding hydrogens is 320 g/mol. The van der Waals surface area contributed by atoms with Crippen molar-refractivity contribution in [2.75, 3.05) is 92.5 Å². The van der Waals surface area contributed by atoms with Crippen LogP contribution in [0.1, 0.15) is 12.8 Å². The molecule has 8 nitrogen and oxygen atoms in total. The Labute approximate surface area is 144 Å². The first-order chi connectivity index (χ1) is 11.9. The summed E-state index contributed by atoms with van der Waals surface area (Å²) in [6.45, 7) is 6.49. The fraction of sp³-hybridized carbons (Fsp3) is 1.00. The van der Waals surface area contributed by atoms with Gasteiger partial charge in [-0.15, -0.1) is 0 Å². The molecule has 0 spiro atoms. The molecule has 0 rings (SSSR count). The van der Waals surface area contributed by atoms with E-state index in [1.54, 1.807) is 0 Å². The van der Waals surface area contributed by atoms with E-state index in [1.807, 2.05) is 0 Å². The van der Waals surface area contributed by atoms with Crippen molar-refractivity contribution in [1.82, 2.24) is 0 Å². The molecule has 0 atom stereocenters. The summed E-state index contributed by atoms with van der Waals surface area (Å²) >= 11 is 0. The Kier molecular flexibility index (Phi) is 22.4. The van der Waals surface area contributed by atoms with Crippen LogP contribution >= 0.6 is 0 Å². The van der Waals surface area contributed by atoms with Gasteiger partial charge in [0.25, 0.3) is 0 Å². The Morgan fingerprint density at radius 3 is 0.875 bits per heavy atom. The van der Waals surface area contributed by atoms with E-state index in [0.717, 1.165) is 12.8 Å². The smallest absolute Gasteiger partial charge is 0.0701 e. The van der Waals surface area contributed by atoms with Gasteiger partial charge in [0, 0.05) is 13.2 Å². The zero-order valence-electron chi connectivity index (χ0n) is 14.7. The van der Waals surface area contributed by atoms with Crippen LogP contribution < -0.4 is 0 Å². The number of rotatable bonds is 21. The van der Waals surface area contributed by atoms with Crippen molar-refractivity contribution in [1.29, 1.82) is 0 Å². The van der Waals surface area contributed by atoms with Gasteiger partial charge in [-0.3, -0.25) is 0 Å². The van der Waals surface area contributed by atoms with Crippen molar-refractivity contribution < 1.29 is 38.6 Å². The second kappa shape index (κ2) is 22.7. The maximum absolute atomic E-state index is 8.51. The minimum absolute atomic E-state index is 0.0419. The van der Waals surface area contributed by atoms with Gasteiger partial charge in [0.05, 0.1) is 79.3 Å². The van der Waals surface area contributed by atoms with Gasteiger partial charge in [-0.2, -0.15) is 0 Å². The molecule has 0 amide bonds. The highest BCUT2D eigenvalue weighted by Crippen LogP contribution is 1.92. The van der Waals surface area contributed by atoms with Gasteiger partial charge in [0.1, 0.15) is 0 Å². The maximum atomic E-state index is 8.51. The van der Waals surface area contributed by atoms with Gasteiger partial charge < -0.3 is 38.6 Å². The molecule has 0 aromatic heterocycles. The average molecular weight is 354 g/mol. The highest BCUT2D eigenvalue weighted by molar-refractivity contribution is 4.40. The molecule has 0 heterocycles. The van der Waals surface area contributed by atoms with Crippen LogP contribution in [0.15, 0.2) is 0 Å². The first kappa shape index (κ1) is 23.7. The third-order valence-electron chi connectivity index (χ3n) is 2.79. The Hall–Kier alpha value is -0.320. The number of aliphatic hydroxyl groups excluding tert-OH is 2. The molecule has 0 saturated heterocycles. The lowest BCUT2D eigenvalue weighted by Crippen LogP contribution is -2.12.